The molecule has 0 aliphatic carbocycles. The van der Waals surface area contributed by atoms with Crippen molar-refractivity contribution in [1.82, 2.24) is 0 Å². The molecule has 2 aromatic rings. The number of halogens is 4. The highest BCUT2D eigenvalue weighted by atomic mass is 79.9. The minimum Gasteiger partial charge on any atom is -0.493 e. The first kappa shape index (κ1) is 22.6. The molecule has 0 heterocycles. The standard InChI is InChI=1S/C18H15BrCl3NO5/c1-26-13-6-9(7-14(27-2)16(13)28-3)15(24)11-8-10(19)4-5-12(11)23-17(25)18(20,21)22/h4-8H,1-3H3,(H,23,25). The van der Waals surface area contributed by atoms with E-state index in [-0.39, 0.29) is 16.8 Å². The van der Waals surface area contributed by atoms with Crippen molar-refractivity contribution in [3.8, 4) is 17.2 Å². The molecule has 6 nitrogen and oxygen atoms in total. The zero-order chi connectivity index (χ0) is 21.1. The Balaban J connectivity index is 2.55. The Kier molecular flexibility index (Phi) is 7.45. The molecule has 0 aliphatic heterocycles. The molecule has 1 N–H and O–H groups in total. The summed E-state index contributed by atoms with van der Waals surface area (Å²) in [5, 5.41) is 2.44. The Morgan fingerprint density at radius 1 is 0.964 bits per heavy atom. The third-order valence-electron chi connectivity index (χ3n) is 3.66. The van der Waals surface area contributed by atoms with Crippen LogP contribution in [0.5, 0.6) is 17.2 Å². The van der Waals surface area contributed by atoms with Gasteiger partial charge in [0.15, 0.2) is 17.3 Å². The fourth-order valence-corrected chi connectivity index (χ4v) is 2.88. The zero-order valence-corrected chi connectivity index (χ0v) is 18.8. The fourth-order valence-electron chi connectivity index (χ4n) is 2.37. The van der Waals surface area contributed by atoms with Crippen LogP contribution < -0.4 is 19.5 Å². The zero-order valence-electron chi connectivity index (χ0n) is 14.9. The minimum atomic E-state index is -2.18. The summed E-state index contributed by atoms with van der Waals surface area (Å²) in [6, 6.07) is 7.71. The molecule has 0 atom stereocenters. The normalized spacial score (nSPS) is 11.0. The van der Waals surface area contributed by atoms with Crippen molar-refractivity contribution < 1.29 is 23.8 Å². The lowest BCUT2D eigenvalue weighted by molar-refractivity contribution is -0.115. The van der Waals surface area contributed by atoms with E-state index in [0.717, 1.165) is 0 Å². The average Bonchev–Trinajstić information content (AvgIpc) is 2.66. The number of methoxy groups -OCH3 is 3. The number of alkyl halides is 3. The Hall–Kier alpha value is -1.67. The summed E-state index contributed by atoms with van der Waals surface area (Å²) in [6.07, 6.45) is 0. The smallest absolute Gasteiger partial charge is 0.276 e. The monoisotopic (exact) mass is 509 g/mol. The molecule has 0 saturated heterocycles. The summed E-state index contributed by atoms with van der Waals surface area (Å²) in [5.74, 6) is -0.335. The quantitative estimate of drug-likeness (QED) is 0.436. The van der Waals surface area contributed by atoms with Gasteiger partial charge in [0.2, 0.25) is 5.75 Å². The molecule has 0 aliphatic rings. The van der Waals surface area contributed by atoms with Crippen molar-refractivity contribution in [2.45, 2.75) is 3.79 Å². The number of hydrogen-bond acceptors (Lipinski definition) is 5. The number of carbonyl (C=O) groups excluding carboxylic acids is 2. The van der Waals surface area contributed by atoms with Gasteiger partial charge in [-0.3, -0.25) is 9.59 Å². The van der Waals surface area contributed by atoms with E-state index in [1.807, 2.05) is 0 Å². The van der Waals surface area contributed by atoms with E-state index in [2.05, 4.69) is 21.2 Å². The van der Waals surface area contributed by atoms with Crippen LogP contribution in [0.3, 0.4) is 0 Å². The van der Waals surface area contributed by atoms with E-state index in [9.17, 15) is 9.59 Å². The van der Waals surface area contributed by atoms with Crippen LogP contribution in [0.25, 0.3) is 0 Å². The van der Waals surface area contributed by atoms with Crippen molar-refractivity contribution in [3.05, 3.63) is 45.9 Å². The first-order valence-electron chi connectivity index (χ1n) is 7.64. The Morgan fingerprint density at radius 2 is 1.54 bits per heavy atom. The van der Waals surface area contributed by atoms with E-state index in [0.29, 0.717) is 21.7 Å². The van der Waals surface area contributed by atoms with Crippen LogP contribution in [-0.4, -0.2) is 36.8 Å². The van der Waals surface area contributed by atoms with E-state index >= 15 is 0 Å². The van der Waals surface area contributed by atoms with Crippen molar-refractivity contribution in [3.63, 3.8) is 0 Å². The lowest BCUT2D eigenvalue weighted by Crippen LogP contribution is -2.27. The highest BCUT2D eigenvalue weighted by Gasteiger charge is 2.31. The number of benzene rings is 2. The molecule has 0 spiro atoms. The molecule has 150 valence electrons. The van der Waals surface area contributed by atoms with Crippen LogP contribution in [0.4, 0.5) is 5.69 Å². The second kappa shape index (κ2) is 9.22. The summed E-state index contributed by atoms with van der Waals surface area (Å²) >= 11 is 20.1. The maximum absolute atomic E-state index is 13.2. The van der Waals surface area contributed by atoms with Crippen molar-refractivity contribution in [2.75, 3.05) is 26.6 Å². The van der Waals surface area contributed by atoms with Gasteiger partial charge in [0.05, 0.1) is 27.0 Å². The predicted octanol–water partition coefficient (Wildman–Crippen LogP) is 5.01. The molecule has 0 unspecified atom stereocenters. The first-order valence-corrected chi connectivity index (χ1v) is 9.57. The number of nitrogens with one attached hydrogen (secondary N) is 1. The third-order valence-corrected chi connectivity index (χ3v) is 4.67. The molecule has 10 heteroatoms. The molecule has 2 aromatic carbocycles. The summed E-state index contributed by atoms with van der Waals surface area (Å²) < 4.78 is 14.3. The number of ether oxygens (including phenoxy) is 3. The van der Waals surface area contributed by atoms with E-state index in [4.69, 9.17) is 49.0 Å². The van der Waals surface area contributed by atoms with Gasteiger partial charge in [-0.15, -0.1) is 0 Å². The van der Waals surface area contributed by atoms with Gasteiger partial charge in [0, 0.05) is 15.6 Å². The van der Waals surface area contributed by atoms with Crippen LogP contribution in [0.2, 0.25) is 0 Å². The van der Waals surface area contributed by atoms with Crippen molar-refractivity contribution in [2.24, 2.45) is 0 Å². The summed E-state index contributed by atoms with van der Waals surface area (Å²) in [5.41, 5.74) is 0.599. The number of hydrogen-bond donors (Lipinski definition) is 1. The van der Waals surface area contributed by atoms with Crippen LogP contribution in [0.1, 0.15) is 15.9 Å². The average molecular weight is 512 g/mol. The fraction of sp³-hybridized carbons (Fsp3) is 0.222. The first-order chi connectivity index (χ1) is 13.1. The maximum Gasteiger partial charge on any atom is 0.276 e. The van der Waals surface area contributed by atoms with Gasteiger partial charge in [0.1, 0.15) is 0 Å². The number of anilines is 1. The predicted molar refractivity (Wildman–Crippen MR) is 113 cm³/mol. The molecule has 0 radical (unpaired) electrons. The number of ketones is 1. The Bertz CT molecular complexity index is 890. The summed E-state index contributed by atoms with van der Waals surface area (Å²) in [7, 11) is 4.34. The molecule has 0 fully saturated rings. The van der Waals surface area contributed by atoms with Gasteiger partial charge >= 0.3 is 0 Å². The maximum atomic E-state index is 13.2. The van der Waals surface area contributed by atoms with Gasteiger partial charge in [-0.1, -0.05) is 50.7 Å². The molecular formula is C18H15BrCl3NO5. The highest BCUT2D eigenvalue weighted by Crippen LogP contribution is 2.39. The van der Waals surface area contributed by atoms with Gasteiger partial charge in [-0.2, -0.15) is 0 Å². The van der Waals surface area contributed by atoms with E-state index < -0.39 is 15.5 Å². The molecule has 0 aromatic heterocycles. The summed E-state index contributed by atoms with van der Waals surface area (Å²) in [4.78, 5) is 25.2. The lowest BCUT2D eigenvalue weighted by atomic mass is 10.0. The van der Waals surface area contributed by atoms with Crippen LogP contribution in [0, 0.1) is 0 Å². The SMILES string of the molecule is COc1cc(C(=O)c2cc(Br)ccc2NC(=O)C(Cl)(Cl)Cl)cc(OC)c1OC. The van der Waals surface area contributed by atoms with Crippen molar-refractivity contribution in [1.29, 1.82) is 0 Å². The second-order valence-corrected chi connectivity index (χ2v) is 8.58. The molecular weight excluding hydrogens is 496 g/mol. The minimum absolute atomic E-state index is 0.172. The number of amides is 1. The topological polar surface area (TPSA) is 73.9 Å². The molecule has 28 heavy (non-hydrogen) atoms. The van der Waals surface area contributed by atoms with Crippen LogP contribution in [0.15, 0.2) is 34.8 Å². The van der Waals surface area contributed by atoms with Crippen molar-refractivity contribution >= 4 is 68.1 Å². The van der Waals surface area contributed by atoms with Gasteiger partial charge in [0.25, 0.3) is 9.70 Å². The Morgan fingerprint density at radius 3 is 2.00 bits per heavy atom. The second-order valence-electron chi connectivity index (χ2n) is 5.38. The van der Waals surface area contributed by atoms with Gasteiger partial charge in [-0.05, 0) is 30.3 Å². The molecule has 2 rings (SSSR count). The largest absolute Gasteiger partial charge is 0.493 e. The molecule has 1 amide bonds. The van der Waals surface area contributed by atoms with E-state index in [1.54, 1.807) is 12.1 Å². The number of carbonyl (C=O) groups is 2. The van der Waals surface area contributed by atoms with Gasteiger partial charge < -0.3 is 19.5 Å². The third kappa shape index (κ3) is 5.03. The number of rotatable bonds is 6. The molecule has 0 bridgehead atoms. The van der Waals surface area contributed by atoms with Gasteiger partial charge in [-0.25, -0.2) is 0 Å². The Labute approximate surface area is 185 Å². The lowest BCUT2D eigenvalue weighted by Gasteiger charge is -2.16. The van der Waals surface area contributed by atoms with Crippen LogP contribution in [-0.2, 0) is 4.79 Å². The summed E-state index contributed by atoms with van der Waals surface area (Å²) in [6.45, 7) is 0. The van der Waals surface area contributed by atoms with E-state index in [1.165, 1.54) is 39.5 Å². The van der Waals surface area contributed by atoms with Crippen LogP contribution >= 0.6 is 50.7 Å². The highest BCUT2D eigenvalue weighted by molar-refractivity contribution is 9.10. The molecule has 0 saturated carbocycles.